The van der Waals surface area contributed by atoms with Gasteiger partial charge in [-0.3, -0.25) is 4.79 Å². The number of pyridine rings is 1. The first kappa shape index (κ1) is 21.2. The third-order valence-electron chi connectivity index (χ3n) is 3.42. The van der Waals surface area contributed by atoms with Gasteiger partial charge in [0.25, 0.3) is 5.91 Å². The number of nitrogens with one attached hydrogen (secondary N) is 1. The van der Waals surface area contributed by atoms with Crippen LogP contribution in [0.2, 0.25) is 0 Å². The molecule has 6 nitrogen and oxygen atoms in total. The minimum atomic E-state index is -5.01. The number of carboxylic acids is 1. The summed E-state index contributed by atoms with van der Waals surface area (Å²) in [6.07, 6.45) is -12.8. The van der Waals surface area contributed by atoms with Crippen LogP contribution in [0.3, 0.4) is 0 Å². The maximum atomic E-state index is 12.7. The van der Waals surface area contributed by atoms with Crippen LogP contribution in [0.1, 0.15) is 38.1 Å². The molecule has 1 aromatic heterocycles. The van der Waals surface area contributed by atoms with Crippen molar-refractivity contribution in [1.29, 1.82) is 0 Å². The molecule has 0 unspecified atom stereocenters. The van der Waals surface area contributed by atoms with E-state index >= 15 is 0 Å². The zero-order valence-corrected chi connectivity index (χ0v) is 13.5. The van der Waals surface area contributed by atoms with Gasteiger partial charge in [-0.2, -0.15) is 26.3 Å². The minimum absolute atomic E-state index is 0.258. The fraction of sp³-hybridized carbons (Fsp3) is 0.188. The van der Waals surface area contributed by atoms with Crippen LogP contribution in [0.15, 0.2) is 36.4 Å². The number of halogens is 6. The van der Waals surface area contributed by atoms with Crippen LogP contribution in [0.25, 0.3) is 0 Å². The van der Waals surface area contributed by atoms with Gasteiger partial charge in [0.15, 0.2) is 6.10 Å². The summed E-state index contributed by atoms with van der Waals surface area (Å²) < 4.78 is 75.7. The first-order valence-corrected chi connectivity index (χ1v) is 7.28. The van der Waals surface area contributed by atoms with Crippen LogP contribution in [0.5, 0.6) is 0 Å². The van der Waals surface area contributed by atoms with Crippen molar-refractivity contribution in [3.8, 4) is 0 Å². The number of carboxylic acid groups (broad SMARTS) is 1. The highest BCUT2D eigenvalue weighted by molar-refractivity contribution is 6.10. The molecule has 1 aromatic carbocycles. The van der Waals surface area contributed by atoms with Crippen molar-refractivity contribution < 1.29 is 46.1 Å². The Morgan fingerprint density at radius 3 is 2.18 bits per heavy atom. The molecule has 0 bridgehead atoms. The molecule has 0 aliphatic carbocycles. The molecule has 0 aliphatic rings. The van der Waals surface area contributed by atoms with Gasteiger partial charge in [-0.05, 0) is 30.3 Å². The molecule has 0 fully saturated rings. The van der Waals surface area contributed by atoms with Gasteiger partial charge < -0.3 is 15.5 Å². The van der Waals surface area contributed by atoms with Gasteiger partial charge in [-0.25, -0.2) is 9.78 Å². The number of aliphatic hydroxyl groups excluding tert-OH is 1. The van der Waals surface area contributed by atoms with E-state index in [0.717, 1.165) is 18.2 Å². The van der Waals surface area contributed by atoms with E-state index < -0.39 is 58.5 Å². The summed E-state index contributed by atoms with van der Waals surface area (Å²) in [6.45, 7) is 0. The highest BCUT2D eigenvalue weighted by Crippen LogP contribution is 2.32. The SMILES string of the molecule is O=C(O)c1cc(C(F)(F)F)ccc1C(=O)Nc1cccc([C@@H](O)C(F)(F)F)n1. The lowest BCUT2D eigenvalue weighted by molar-refractivity contribution is -0.207. The number of carbonyl (C=O) groups is 2. The highest BCUT2D eigenvalue weighted by Gasteiger charge is 2.40. The van der Waals surface area contributed by atoms with Crippen molar-refractivity contribution >= 4 is 17.7 Å². The van der Waals surface area contributed by atoms with Crippen molar-refractivity contribution in [1.82, 2.24) is 4.98 Å². The molecule has 2 rings (SSSR count). The molecule has 12 heteroatoms. The lowest BCUT2D eigenvalue weighted by atomic mass is 10.0. The predicted octanol–water partition coefficient (Wildman–Crippen LogP) is 3.65. The van der Waals surface area contributed by atoms with Crippen molar-refractivity contribution in [2.75, 3.05) is 5.32 Å². The molecule has 0 saturated heterocycles. The molecule has 28 heavy (non-hydrogen) atoms. The number of hydrogen-bond acceptors (Lipinski definition) is 4. The Labute approximate surface area is 152 Å². The van der Waals surface area contributed by atoms with E-state index in [-0.39, 0.29) is 6.07 Å². The van der Waals surface area contributed by atoms with E-state index in [9.17, 15) is 41.0 Å². The molecule has 1 atom stereocenters. The van der Waals surface area contributed by atoms with E-state index in [0.29, 0.717) is 12.1 Å². The Bertz CT molecular complexity index is 911. The van der Waals surface area contributed by atoms with Crippen LogP contribution in [0, 0.1) is 0 Å². The Kier molecular flexibility index (Phi) is 5.64. The maximum absolute atomic E-state index is 12.7. The first-order valence-electron chi connectivity index (χ1n) is 7.28. The number of aliphatic hydroxyl groups is 1. The highest BCUT2D eigenvalue weighted by atomic mass is 19.4. The number of nitrogens with zero attached hydrogens (tertiary/aromatic N) is 1. The lowest BCUT2D eigenvalue weighted by Gasteiger charge is -2.15. The molecule has 0 aliphatic heterocycles. The van der Waals surface area contributed by atoms with Crippen molar-refractivity contribution in [3.63, 3.8) is 0 Å². The van der Waals surface area contributed by atoms with Crippen LogP contribution < -0.4 is 5.32 Å². The minimum Gasteiger partial charge on any atom is -0.478 e. The lowest BCUT2D eigenvalue weighted by Crippen LogP contribution is -2.22. The number of benzene rings is 1. The Balaban J connectivity index is 2.34. The second-order valence-corrected chi connectivity index (χ2v) is 5.41. The summed E-state index contributed by atoms with van der Waals surface area (Å²) in [5.41, 5.74) is -3.76. The van der Waals surface area contributed by atoms with Crippen molar-refractivity contribution in [3.05, 3.63) is 58.8 Å². The second-order valence-electron chi connectivity index (χ2n) is 5.41. The van der Waals surface area contributed by atoms with E-state index in [4.69, 9.17) is 5.11 Å². The third kappa shape index (κ3) is 4.76. The number of carbonyl (C=O) groups excluding carboxylic acids is 1. The van der Waals surface area contributed by atoms with Gasteiger partial charge in [0, 0.05) is 0 Å². The van der Waals surface area contributed by atoms with E-state index in [1.165, 1.54) is 0 Å². The number of anilines is 1. The third-order valence-corrected chi connectivity index (χ3v) is 3.42. The topological polar surface area (TPSA) is 99.5 Å². The van der Waals surface area contributed by atoms with Crippen LogP contribution in [0.4, 0.5) is 32.2 Å². The second kappa shape index (κ2) is 7.46. The molecule has 1 amide bonds. The molecule has 0 spiro atoms. The molecule has 2 aromatic rings. The number of rotatable bonds is 4. The summed E-state index contributed by atoms with van der Waals surface area (Å²) in [7, 11) is 0. The monoisotopic (exact) mass is 408 g/mol. The van der Waals surface area contributed by atoms with Crippen molar-refractivity contribution in [2.24, 2.45) is 0 Å². The van der Waals surface area contributed by atoms with Gasteiger partial charge in [0.2, 0.25) is 0 Å². The van der Waals surface area contributed by atoms with Gasteiger partial charge in [-0.1, -0.05) is 6.07 Å². The standard InChI is InChI=1S/C16H10F6N2O4/c17-15(18,19)7-4-5-8(9(6-7)14(27)28)13(26)24-11-3-1-2-10(23-11)12(25)16(20,21)22/h1-6,12,25H,(H,27,28)(H,23,24,26)/t12-/m1/s1. The zero-order chi connectivity index (χ0) is 21.3. The number of aromatic nitrogens is 1. The Morgan fingerprint density at radius 2 is 1.64 bits per heavy atom. The molecular formula is C16H10F6N2O4. The predicted molar refractivity (Wildman–Crippen MR) is 81.6 cm³/mol. The molecular weight excluding hydrogens is 398 g/mol. The number of aromatic carboxylic acids is 1. The quantitative estimate of drug-likeness (QED) is 0.671. The number of alkyl halides is 6. The normalized spacial score (nSPS) is 13.1. The zero-order valence-electron chi connectivity index (χ0n) is 13.5. The molecule has 0 radical (unpaired) electrons. The fourth-order valence-corrected chi connectivity index (χ4v) is 2.12. The van der Waals surface area contributed by atoms with Gasteiger partial charge >= 0.3 is 18.3 Å². The van der Waals surface area contributed by atoms with E-state index in [1.807, 2.05) is 5.32 Å². The van der Waals surface area contributed by atoms with Crippen LogP contribution >= 0.6 is 0 Å². The molecule has 0 saturated carbocycles. The summed E-state index contributed by atoms with van der Waals surface area (Å²) >= 11 is 0. The summed E-state index contributed by atoms with van der Waals surface area (Å²) in [5.74, 6) is -3.50. The molecule has 3 N–H and O–H groups in total. The maximum Gasteiger partial charge on any atom is 0.420 e. The van der Waals surface area contributed by atoms with Crippen molar-refractivity contribution in [2.45, 2.75) is 18.5 Å². The van der Waals surface area contributed by atoms with Crippen LogP contribution in [-0.4, -0.2) is 33.2 Å². The first-order chi connectivity index (χ1) is 12.8. The summed E-state index contributed by atoms with van der Waals surface area (Å²) in [5, 5.41) is 20.2. The smallest absolute Gasteiger partial charge is 0.420 e. The average molecular weight is 408 g/mol. The largest absolute Gasteiger partial charge is 0.478 e. The Hall–Kier alpha value is -3.15. The van der Waals surface area contributed by atoms with E-state index in [1.54, 1.807) is 0 Å². The average Bonchev–Trinajstić information content (AvgIpc) is 2.59. The number of hydrogen-bond donors (Lipinski definition) is 3. The van der Waals surface area contributed by atoms with Crippen LogP contribution in [-0.2, 0) is 6.18 Å². The molecule has 1 heterocycles. The summed E-state index contributed by atoms with van der Waals surface area (Å²) in [4.78, 5) is 26.8. The van der Waals surface area contributed by atoms with Gasteiger partial charge in [0.1, 0.15) is 5.82 Å². The van der Waals surface area contributed by atoms with E-state index in [2.05, 4.69) is 4.98 Å². The Morgan fingerprint density at radius 1 is 1.00 bits per heavy atom. The number of amides is 1. The summed E-state index contributed by atoms with van der Waals surface area (Å²) in [6, 6.07) is 4.30. The molecule has 150 valence electrons. The van der Waals surface area contributed by atoms with Gasteiger partial charge in [-0.15, -0.1) is 0 Å². The van der Waals surface area contributed by atoms with Gasteiger partial charge in [0.05, 0.1) is 22.4 Å². The fourth-order valence-electron chi connectivity index (χ4n) is 2.12.